The number of allylic oxidation sites excluding steroid dienone is 1. The van der Waals surface area contributed by atoms with E-state index in [0.717, 1.165) is 11.3 Å². The fourth-order valence-corrected chi connectivity index (χ4v) is 3.52. The number of thioether (sulfide) groups is 1. The summed E-state index contributed by atoms with van der Waals surface area (Å²) in [5.74, 6) is 1.16. The van der Waals surface area contributed by atoms with Gasteiger partial charge in [0.1, 0.15) is 0 Å². The lowest BCUT2D eigenvalue weighted by atomic mass is 9.89. The van der Waals surface area contributed by atoms with Crippen molar-refractivity contribution >= 4 is 17.4 Å². The highest BCUT2D eigenvalue weighted by Gasteiger charge is 2.24. The molecule has 0 aliphatic heterocycles. The van der Waals surface area contributed by atoms with E-state index in [4.69, 9.17) is 0 Å². The Bertz CT molecular complexity index is 473. The van der Waals surface area contributed by atoms with Gasteiger partial charge >= 0.3 is 0 Å². The zero-order chi connectivity index (χ0) is 13.1. The highest BCUT2D eigenvalue weighted by Crippen LogP contribution is 2.39. The Labute approximate surface area is 111 Å². The lowest BCUT2D eigenvalue weighted by Gasteiger charge is -2.26. The number of para-hydroxylation sites is 1. The van der Waals surface area contributed by atoms with Gasteiger partial charge in [-0.1, -0.05) is 38.1 Å². The Balaban J connectivity index is 2.19. The number of hydrogen-bond acceptors (Lipinski definition) is 3. The Morgan fingerprint density at radius 1 is 1.28 bits per heavy atom. The summed E-state index contributed by atoms with van der Waals surface area (Å²) in [6.07, 6.45) is 5.56. The minimum absolute atomic E-state index is 0.210. The van der Waals surface area contributed by atoms with Gasteiger partial charge in [0.2, 0.25) is 0 Å². The van der Waals surface area contributed by atoms with E-state index in [2.05, 4.69) is 26.0 Å². The maximum Gasteiger partial charge on any atom is 0.282 e. The second-order valence-corrected chi connectivity index (χ2v) is 6.10. The molecule has 96 valence electrons. The fraction of sp³-hybridized carbons (Fsp3) is 0.429. The maximum atomic E-state index is 11.0. The molecule has 4 heteroatoms. The number of nitro groups is 1. The molecule has 3 atom stereocenters. The predicted molar refractivity (Wildman–Crippen MR) is 74.8 cm³/mol. The van der Waals surface area contributed by atoms with Crippen LogP contribution in [0.1, 0.15) is 20.3 Å². The summed E-state index contributed by atoms with van der Waals surface area (Å²) in [4.78, 5) is 11.4. The van der Waals surface area contributed by atoms with Gasteiger partial charge in [-0.05, 0) is 24.3 Å². The zero-order valence-electron chi connectivity index (χ0n) is 10.6. The number of nitrogens with zero attached hydrogens (tertiary/aromatic N) is 1. The third-order valence-electron chi connectivity index (χ3n) is 3.26. The molecule has 2 rings (SSSR count). The lowest BCUT2D eigenvalue weighted by molar-refractivity contribution is -0.387. The molecule has 0 bridgehead atoms. The molecule has 0 aromatic heterocycles. The normalized spacial score (nSPS) is 27.1. The molecule has 1 aliphatic carbocycles. The van der Waals surface area contributed by atoms with E-state index in [1.54, 1.807) is 23.9 Å². The Kier molecular flexibility index (Phi) is 4.07. The molecule has 0 saturated carbocycles. The van der Waals surface area contributed by atoms with E-state index in [1.807, 2.05) is 12.1 Å². The van der Waals surface area contributed by atoms with Gasteiger partial charge in [0.25, 0.3) is 5.69 Å². The molecular weight excluding hydrogens is 246 g/mol. The first-order chi connectivity index (χ1) is 8.58. The van der Waals surface area contributed by atoms with Gasteiger partial charge in [0, 0.05) is 11.3 Å². The van der Waals surface area contributed by atoms with Crippen molar-refractivity contribution in [3.8, 4) is 0 Å². The summed E-state index contributed by atoms with van der Waals surface area (Å²) in [5.41, 5.74) is 0.210. The fourth-order valence-electron chi connectivity index (χ4n) is 2.30. The van der Waals surface area contributed by atoms with Crippen molar-refractivity contribution in [1.29, 1.82) is 0 Å². The third kappa shape index (κ3) is 2.93. The van der Waals surface area contributed by atoms with Crippen LogP contribution in [0, 0.1) is 22.0 Å². The summed E-state index contributed by atoms with van der Waals surface area (Å²) < 4.78 is 0. The molecule has 1 aromatic rings. The zero-order valence-corrected chi connectivity index (χ0v) is 11.4. The summed E-state index contributed by atoms with van der Waals surface area (Å²) in [6.45, 7) is 4.42. The molecule has 0 N–H and O–H groups in total. The van der Waals surface area contributed by atoms with Crippen LogP contribution >= 0.6 is 11.8 Å². The Morgan fingerprint density at radius 3 is 2.67 bits per heavy atom. The molecule has 18 heavy (non-hydrogen) atoms. The van der Waals surface area contributed by atoms with Gasteiger partial charge in [0.15, 0.2) is 0 Å². The lowest BCUT2D eigenvalue weighted by Crippen LogP contribution is -2.18. The molecule has 0 spiro atoms. The summed E-state index contributed by atoms with van der Waals surface area (Å²) >= 11 is 1.60. The van der Waals surface area contributed by atoms with Crippen molar-refractivity contribution in [2.45, 2.75) is 30.4 Å². The van der Waals surface area contributed by atoms with Crippen LogP contribution in [-0.4, -0.2) is 10.2 Å². The van der Waals surface area contributed by atoms with Crippen molar-refractivity contribution in [1.82, 2.24) is 0 Å². The monoisotopic (exact) mass is 263 g/mol. The van der Waals surface area contributed by atoms with E-state index in [1.165, 1.54) is 0 Å². The average Bonchev–Trinajstić information content (AvgIpc) is 2.33. The first-order valence-corrected chi connectivity index (χ1v) is 7.04. The van der Waals surface area contributed by atoms with Crippen molar-refractivity contribution in [3.05, 3.63) is 46.5 Å². The number of rotatable bonds is 3. The largest absolute Gasteiger partial charge is 0.282 e. The quantitative estimate of drug-likeness (QED) is 0.464. The van der Waals surface area contributed by atoms with Crippen LogP contribution in [0.15, 0.2) is 41.3 Å². The summed E-state index contributed by atoms with van der Waals surface area (Å²) in [5, 5.41) is 11.3. The van der Waals surface area contributed by atoms with Gasteiger partial charge in [-0.2, -0.15) is 0 Å². The number of nitro benzene ring substituents is 1. The molecule has 3 unspecified atom stereocenters. The number of benzene rings is 1. The minimum atomic E-state index is -0.303. The second kappa shape index (κ2) is 5.57. The topological polar surface area (TPSA) is 43.1 Å². The SMILES string of the molecule is CC1C=CC(Sc2ccccc2[N+](=O)[O-])C(C)C1. The average molecular weight is 263 g/mol. The molecule has 3 nitrogen and oxygen atoms in total. The smallest absolute Gasteiger partial charge is 0.258 e. The molecule has 0 radical (unpaired) electrons. The van der Waals surface area contributed by atoms with Crippen LogP contribution in [0.5, 0.6) is 0 Å². The van der Waals surface area contributed by atoms with Gasteiger partial charge in [-0.15, -0.1) is 11.8 Å². The predicted octanol–water partition coefficient (Wildman–Crippen LogP) is 4.29. The van der Waals surface area contributed by atoms with Crippen molar-refractivity contribution in [2.75, 3.05) is 0 Å². The van der Waals surface area contributed by atoms with E-state index in [0.29, 0.717) is 17.1 Å². The van der Waals surface area contributed by atoms with E-state index >= 15 is 0 Å². The van der Waals surface area contributed by atoms with Crippen LogP contribution in [-0.2, 0) is 0 Å². The molecule has 0 heterocycles. The van der Waals surface area contributed by atoms with Crippen molar-refractivity contribution in [3.63, 3.8) is 0 Å². The van der Waals surface area contributed by atoms with Crippen LogP contribution in [0.4, 0.5) is 5.69 Å². The van der Waals surface area contributed by atoms with E-state index in [-0.39, 0.29) is 10.6 Å². The van der Waals surface area contributed by atoms with Gasteiger partial charge in [-0.25, -0.2) is 0 Å². The molecule has 0 saturated heterocycles. The molecule has 1 aliphatic rings. The molecular formula is C14H17NO2S. The highest BCUT2D eigenvalue weighted by atomic mass is 32.2. The van der Waals surface area contributed by atoms with Crippen LogP contribution in [0.25, 0.3) is 0 Å². The van der Waals surface area contributed by atoms with Gasteiger partial charge in [-0.3, -0.25) is 10.1 Å². The van der Waals surface area contributed by atoms with Crippen LogP contribution in [0.2, 0.25) is 0 Å². The van der Waals surface area contributed by atoms with E-state index < -0.39 is 0 Å². The minimum Gasteiger partial charge on any atom is -0.258 e. The van der Waals surface area contributed by atoms with Gasteiger partial charge in [0.05, 0.1) is 9.82 Å². The molecule has 0 amide bonds. The van der Waals surface area contributed by atoms with Crippen molar-refractivity contribution in [2.24, 2.45) is 11.8 Å². The third-order valence-corrected chi connectivity index (χ3v) is 4.75. The first kappa shape index (κ1) is 13.1. The first-order valence-electron chi connectivity index (χ1n) is 6.16. The van der Waals surface area contributed by atoms with E-state index in [9.17, 15) is 10.1 Å². The highest BCUT2D eigenvalue weighted by molar-refractivity contribution is 8.00. The Morgan fingerprint density at radius 2 is 2.00 bits per heavy atom. The maximum absolute atomic E-state index is 11.0. The Hall–Kier alpha value is -1.29. The van der Waals surface area contributed by atoms with Crippen LogP contribution < -0.4 is 0 Å². The number of hydrogen-bond donors (Lipinski definition) is 0. The molecule has 1 aromatic carbocycles. The van der Waals surface area contributed by atoms with Crippen LogP contribution in [0.3, 0.4) is 0 Å². The van der Waals surface area contributed by atoms with Crippen molar-refractivity contribution < 1.29 is 4.92 Å². The summed E-state index contributed by atoms with van der Waals surface area (Å²) in [7, 11) is 0. The standard InChI is InChI=1S/C14H17NO2S/c1-10-7-8-13(11(2)9-10)18-14-6-4-3-5-12(14)15(16)17/h3-8,10-11,13H,9H2,1-2H3. The van der Waals surface area contributed by atoms with Gasteiger partial charge < -0.3 is 0 Å². The summed E-state index contributed by atoms with van der Waals surface area (Å²) in [6, 6.07) is 6.98. The molecule has 0 fully saturated rings. The second-order valence-electron chi connectivity index (χ2n) is 4.88.